The zero-order valence-corrected chi connectivity index (χ0v) is 20.6. The first kappa shape index (κ1) is 24.6. The van der Waals surface area contributed by atoms with Crippen molar-refractivity contribution in [3.05, 3.63) is 101 Å². The van der Waals surface area contributed by atoms with Crippen molar-refractivity contribution < 1.29 is 18.7 Å². The SMILES string of the molecule is COCCN1C(=O)c2ccccc2[C@H](C(=O)N(C)c2ccc(C(C)C)cc2)[C@@H]1c1ccc(F)cc1. The zero-order chi connectivity index (χ0) is 25.1. The fourth-order valence-corrected chi connectivity index (χ4v) is 4.74. The van der Waals surface area contributed by atoms with Gasteiger partial charge in [-0.2, -0.15) is 0 Å². The fraction of sp³-hybridized carbons (Fsp3) is 0.310. The predicted octanol–water partition coefficient (Wildman–Crippen LogP) is 5.54. The van der Waals surface area contributed by atoms with Crippen molar-refractivity contribution in [1.29, 1.82) is 0 Å². The molecule has 5 nitrogen and oxygen atoms in total. The average Bonchev–Trinajstić information content (AvgIpc) is 2.88. The number of likely N-dealkylation sites (N-methyl/N-ethyl adjacent to an activating group) is 1. The van der Waals surface area contributed by atoms with E-state index in [-0.39, 0.29) is 17.6 Å². The minimum Gasteiger partial charge on any atom is -0.383 e. The minimum absolute atomic E-state index is 0.140. The predicted molar refractivity (Wildman–Crippen MR) is 135 cm³/mol. The number of halogens is 1. The first-order valence-corrected chi connectivity index (χ1v) is 11.8. The fourth-order valence-electron chi connectivity index (χ4n) is 4.74. The van der Waals surface area contributed by atoms with Crippen molar-refractivity contribution in [2.45, 2.75) is 31.7 Å². The van der Waals surface area contributed by atoms with E-state index in [0.29, 0.717) is 35.8 Å². The number of rotatable bonds is 7. The monoisotopic (exact) mass is 474 g/mol. The number of hydrogen-bond donors (Lipinski definition) is 0. The maximum Gasteiger partial charge on any atom is 0.254 e. The van der Waals surface area contributed by atoms with Crippen molar-refractivity contribution >= 4 is 17.5 Å². The molecule has 0 spiro atoms. The van der Waals surface area contributed by atoms with Gasteiger partial charge in [0, 0.05) is 32.0 Å². The topological polar surface area (TPSA) is 49.9 Å². The van der Waals surface area contributed by atoms with Crippen molar-refractivity contribution in [2.24, 2.45) is 0 Å². The molecular weight excluding hydrogens is 443 g/mol. The molecule has 0 aliphatic carbocycles. The van der Waals surface area contributed by atoms with E-state index in [4.69, 9.17) is 4.74 Å². The van der Waals surface area contributed by atoms with Crippen LogP contribution in [0.1, 0.15) is 58.8 Å². The minimum atomic E-state index is -0.666. The molecule has 0 aromatic heterocycles. The molecule has 0 saturated carbocycles. The normalized spacial score (nSPS) is 17.4. The van der Waals surface area contributed by atoms with Crippen LogP contribution in [0.25, 0.3) is 0 Å². The Bertz CT molecular complexity index is 1190. The van der Waals surface area contributed by atoms with E-state index in [1.807, 2.05) is 36.4 Å². The van der Waals surface area contributed by atoms with E-state index in [1.54, 1.807) is 48.2 Å². The Morgan fingerprint density at radius 1 is 1.03 bits per heavy atom. The standard InChI is InChI=1S/C29H31FN2O3/c1-19(2)20-11-15-23(16-12-20)31(3)29(34)26-24-7-5-6-8-25(24)28(33)32(17-18-35-4)27(26)21-9-13-22(30)14-10-21/h5-16,19,26-27H,17-18H2,1-4H3/t26-,27-/m0/s1. The molecule has 0 unspecified atom stereocenters. The smallest absolute Gasteiger partial charge is 0.254 e. The van der Waals surface area contributed by atoms with E-state index in [0.717, 1.165) is 5.69 Å². The van der Waals surface area contributed by atoms with Crippen LogP contribution in [-0.2, 0) is 9.53 Å². The lowest BCUT2D eigenvalue weighted by atomic mass is 9.78. The van der Waals surface area contributed by atoms with E-state index in [9.17, 15) is 14.0 Å². The van der Waals surface area contributed by atoms with Crippen LogP contribution in [0.15, 0.2) is 72.8 Å². The van der Waals surface area contributed by atoms with E-state index >= 15 is 0 Å². The molecule has 1 aliphatic heterocycles. The number of methoxy groups -OCH3 is 1. The maximum absolute atomic E-state index is 14.1. The molecule has 0 bridgehead atoms. The summed E-state index contributed by atoms with van der Waals surface area (Å²) in [7, 11) is 3.33. The van der Waals surface area contributed by atoms with Crippen LogP contribution in [0.5, 0.6) is 0 Å². The highest BCUT2D eigenvalue weighted by atomic mass is 19.1. The highest BCUT2D eigenvalue weighted by Gasteiger charge is 2.45. The number of anilines is 1. The molecule has 4 rings (SSSR count). The second kappa shape index (κ2) is 10.4. The van der Waals surface area contributed by atoms with Gasteiger partial charge >= 0.3 is 0 Å². The summed E-state index contributed by atoms with van der Waals surface area (Å²) < 4.78 is 19.1. The van der Waals surface area contributed by atoms with Crippen molar-refractivity contribution in [1.82, 2.24) is 4.90 Å². The highest BCUT2D eigenvalue weighted by Crippen LogP contribution is 2.44. The second-order valence-corrected chi connectivity index (χ2v) is 9.20. The molecule has 2 atom stereocenters. The lowest BCUT2D eigenvalue weighted by molar-refractivity contribution is -0.121. The first-order valence-electron chi connectivity index (χ1n) is 11.8. The molecule has 2 amide bonds. The molecule has 1 heterocycles. The average molecular weight is 475 g/mol. The number of carbonyl (C=O) groups is 2. The van der Waals surface area contributed by atoms with Gasteiger partial charge < -0.3 is 14.5 Å². The summed E-state index contributed by atoms with van der Waals surface area (Å²) in [6, 6.07) is 20.6. The van der Waals surface area contributed by atoms with Crippen molar-refractivity contribution in [2.75, 3.05) is 32.2 Å². The molecule has 3 aromatic rings. The maximum atomic E-state index is 14.1. The lowest BCUT2D eigenvalue weighted by Crippen LogP contribution is -2.48. The molecule has 0 N–H and O–H groups in total. The molecule has 0 fully saturated rings. The van der Waals surface area contributed by atoms with Gasteiger partial charge in [0.2, 0.25) is 5.91 Å². The van der Waals surface area contributed by atoms with E-state index in [1.165, 1.54) is 17.7 Å². The van der Waals surface area contributed by atoms with Gasteiger partial charge in [-0.3, -0.25) is 9.59 Å². The largest absolute Gasteiger partial charge is 0.383 e. The Hall–Kier alpha value is -3.51. The Morgan fingerprint density at radius 3 is 2.31 bits per heavy atom. The van der Waals surface area contributed by atoms with Gasteiger partial charge in [0.25, 0.3) is 5.91 Å². The van der Waals surface area contributed by atoms with Gasteiger partial charge in [-0.05, 0) is 52.9 Å². The number of nitrogens with zero attached hydrogens (tertiary/aromatic N) is 2. The quantitative estimate of drug-likeness (QED) is 0.452. The van der Waals surface area contributed by atoms with Crippen LogP contribution in [0.3, 0.4) is 0 Å². The summed E-state index contributed by atoms with van der Waals surface area (Å²) in [5.41, 5.74) is 3.85. The Labute approximate surface area is 206 Å². The Kier molecular flexibility index (Phi) is 7.31. The molecule has 3 aromatic carbocycles. The highest BCUT2D eigenvalue weighted by molar-refractivity contribution is 6.05. The van der Waals surface area contributed by atoms with Crippen LogP contribution in [0.4, 0.5) is 10.1 Å². The van der Waals surface area contributed by atoms with Gasteiger partial charge in [0.1, 0.15) is 5.82 Å². The number of carbonyl (C=O) groups excluding carboxylic acids is 2. The van der Waals surface area contributed by atoms with Crippen LogP contribution >= 0.6 is 0 Å². The third-order valence-electron chi connectivity index (χ3n) is 6.73. The van der Waals surface area contributed by atoms with Gasteiger partial charge in [-0.15, -0.1) is 0 Å². The molecule has 182 valence electrons. The molecule has 6 heteroatoms. The third kappa shape index (κ3) is 4.84. The third-order valence-corrected chi connectivity index (χ3v) is 6.73. The van der Waals surface area contributed by atoms with Gasteiger partial charge in [-0.25, -0.2) is 4.39 Å². The summed E-state index contributed by atoms with van der Waals surface area (Å²) in [5, 5.41) is 0. The van der Waals surface area contributed by atoms with Gasteiger partial charge in [-0.1, -0.05) is 56.3 Å². The number of hydrogen-bond acceptors (Lipinski definition) is 3. The van der Waals surface area contributed by atoms with E-state index in [2.05, 4.69) is 13.8 Å². The molecule has 0 radical (unpaired) electrons. The van der Waals surface area contributed by atoms with Crippen LogP contribution in [0, 0.1) is 5.82 Å². The summed E-state index contributed by atoms with van der Waals surface area (Å²) >= 11 is 0. The summed E-state index contributed by atoms with van der Waals surface area (Å²) in [6.45, 7) is 4.88. The molecular formula is C29H31FN2O3. The van der Waals surface area contributed by atoms with Gasteiger partial charge in [0.15, 0.2) is 0 Å². The van der Waals surface area contributed by atoms with Crippen LogP contribution in [-0.4, -0.2) is 44.0 Å². The number of amides is 2. The Morgan fingerprint density at radius 2 is 1.69 bits per heavy atom. The van der Waals surface area contributed by atoms with Crippen LogP contribution < -0.4 is 4.90 Å². The van der Waals surface area contributed by atoms with E-state index < -0.39 is 12.0 Å². The molecule has 1 aliphatic rings. The van der Waals surface area contributed by atoms with Gasteiger partial charge in [0.05, 0.1) is 18.6 Å². The summed E-state index contributed by atoms with van der Waals surface area (Å²) in [5.74, 6) is -0.955. The number of benzene rings is 3. The molecule has 0 saturated heterocycles. The number of ether oxygens (including phenoxy) is 1. The van der Waals surface area contributed by atoms with Crippen molar-refractivity contribution in [3.63, 3.8) is 0 Å². The van der Waals surface area contributed by atoms with Crippen molar-refractivity contribution in [3.8, 4) is 0 Å². The lowest BCUT2D eigenvalue weighted by Gasteiger charge is -2.42. The first-order chi connectivity index (χ1) is 16.8. The summed E-state index contributed by atoms with van der Waals surface area (Å²) in [4.78, 5) is 31.0. The summed E-state index contributed by atoms with van der Waals surface area (Å²) in [6.07, 6.45) is 0. The Balaban J connectivity index is 1.82. The zero-order valence-electron chi connectivity index (χ0n) is 20.6. The van der Waals surface area contributed by atoms with Crippen LogP contribution in [0.2, 0.25) is 0 Å². The second-order valence-electron chi connectivity index (χ2n) is 9.20. The molecule has 35 heavy (non-hydrogen) atoms. The number of fused-ring (bicyclic) bond motifs is 1.